The van der Waals surface area contributed by atoms with Crippen LogP contribution >= 0.6 is 0 Å². The van der Waals surface area contributed by atoms with Crippen LogP contribution in [-0.4, -0.2) is 22.9 Å². The van der Waals surface area contributed by atoms with Crippen LogP contribution in [0.1, 0.15) is 24.1 Å². The molecule has 0 saturated carbocycles. The van der Waals surface area contributed by atoms with Crippen molar-refractivity contribution < 1.29 is 13.3 Å². The highest BCUT2D eigenvalue weighted by Gasteiger charge is 2.23. The van der Waals surface area contributed by atoms with E-state index in [0.29, 0.717) is 5.56 Å². The Morgan fingerprint density at radius 3 is 2.48 bits per heavy atom. The predicted molar refractivity (Wildman–Crippen MR) is 100 cm³/mol. The summed E-state index contributed by atoms with van der Waals surface area (Å²) in [6, 6.07) is 10.6. The molecule has 0 bridgehead atoms. The molecule has 140 valence electrons. The highest BCUT2D eigenvalue weighted by Crippen LogP contribution is 2.24. The molecule has 0 fully saturated rings. The van der Waals surface area contributed by atoms with E-state index < -0.39 is 21.0 Å². The van der Waals surface area contributed by atoms with Gasteiger partial charge in [0, 0.05) is 36.3 Å². The van der Waals surface area contributed by atoms with Crippen LogP contribution in [0.2, 0.25) is 0 Å². The molecule has 0 aliphatic heterocycles. The Morgan fingerprint density at radius 2 is 1.89 bits per heavy atom. The van der Waals surface area contributed by atoms with Crippen molar-refractivity contribution in [2.75, 3.05) is 0 Å². The second kappa shape index (κ2) is 7.29. The number of non-ortho nitro benzene ring substituents is 1. The molecular weight excluding hydrogens is 368 g/mol. The third-order valence-corrected chi connectivity index (χ3v) is 5.88. The van der Waals surface area contributed by atoms with Crippen molar-refractivity contribution in [1.29, 1.82) is 0 Å². The van der Waals surface area contributed by atoms with E-state index in [0.717, 1.165) is 17.3 Å². The minimum atomic E-state index is -3.92. The highest BCUT2D eigenvalue weighted by molar-refractivity contribution is 7.89. The zero-order chi connectivity index (χ0) is 19.6. The SMILES string of the molecule is Cc1ccc([N+](=O)[O-])cc1S(=O)(=O)N[C@H](C)c1ccc(-n2ccnc2)cc1. The standard InChI is InChI=1S/C18H18N4O4S/c1-13-3-6-17(22(23)24)11-18(13)27(25,26)20-14(2)15-4-7-16(8-5-15)21-10-9-19-12-21/h3-12,14,20H,1-2H3/t14-/m1/s1. The maximum absolute atomic E-state index is 12.7. The van der Waals surface area contributed by atoms with Gasteiger partial charge in [-0.3, -0.25) is 10.1 Å². The van der Waals surface area contributed by atoms with Crippen molar-refractivity contribution in [3.8, 4) is 5.69 Å². The first-order valence-electron chi connectivity index (χ1n) is 8.13. The number of nitrogens with one attached hydrogen (secondary N) is 1. The van der Waals surface area contributed by atoms with Crippen LogP contribution in [0.15, 0.2) is 66.1 Å². The molecule has 0 amide bonds. The van der Waals surface area contributed by atoms with Gasteiger partial charge in [-0.15, -0.1) is 0 Å². The van der Waals surface area contributed by atoms with Gasteiger partial charge in [0.15, 0.2) is 0 Å². The first kappa shape index (κ1) is 18.7. The van der Waals surface area contributed by atoms with Crippen LogP contribution in [0.5, 0.6) is 0 Å². The van der Waals surface area contributed by atoms with Crippen LogP contribution in [0.25, 0.3) is 5.69 Å². The molecule has 0 spiro atoms. The van der Waals surface area contributed by atoms with Crippen LogP contribution in [0, 0.1) is 17.0 Å². The fraction of sp³-hybridized carbons (Fsp3) is 0.167. The average molecular weight is 386 g/mol. The third-order valence-electron chi connectivity index (χ3n) is 4.20. The molecule has 1 heterocycles. The number of aromatic nitrogens is 2. The second-order valence-corrected chi connectivity index (χ2v) is 7.79. The van der Waals surface area contributed by atoms with E-state index in [1.165, 1.54) is 12.1 Å². The number of imidazole rings is 1. The van der Waals surface area contributed by atoms with Crippen molar-refractivity contribution in [3.63, 3.8) is 0 Å². The Kier molecular flexibility index (Phi) is 5.06. The molecule has 1 N–H and O–H groups in total. The Labute approximate surface area is 156 Å². The number of hydrogen-bond donors (Lipinski definition) is 1. The van der Waals surface area contributed by atoms with Crippen molar-refractivity contribution in [3.05, 3.63) is 82.4 Å². The van der Waals surface area contributed by atoms with Gasteiger partial charge in [0.05, 0.1) is 16.1 Å². The van der Waals surface area contributed by atoms with E-state index in [-0.39, 0.29) is 10.6 Å². The first-order chi connectivity index (χ1) is 12.8. The molecule has 1 atom stereocenters. The maximum Gasteiger partial charge on any atom is 0.270 e. The van der Waals surface area contributed by atoms with E-state index in [4.69, 9.17) is 0 Å². The lowest BCUT2D eigenvalue weighted by Crippen LogP contribution is -2.27. The number of benzene rings is 2. The van der Waals surface area contributed by atoms with Crippen molar-refractivity contribution in [2.24, 2.45) is 0 Å². The van der Waals surface area contributed by atoms with E-state index in [1.54, 1.807) is 26.4 Å². The molecule has 3 aromatic rings. The predicted octanol–water partition coefficient (Wildman–Crippen LogP) is 3.13. The monoisotopic (exact) mass is 386 g/mol. The van der Waals surface area contributed by atoms with E-state index in [9.17, 15) is 18.5 Å². The molecule has 2 aromatic carbocycles. The molecule has 0 aliphatic carbocycles. The lowest BCUT2D eigenvalue weighted by molar-refractivity contribution is -0.385. The van der Waals surface area contributed by atoms with Crippen molar-refractivity contribution in [2.45, 2.75) is 24.8 Å². The fourth-order valence-corrected chi connectivity index (χ4v) is 4.20. The van der Waals surface area contributed by atoms with Crippen LogP contribution in [0.3, 0.4) is 0 Å². The first-order valence-corrected chi connectivity index (χ1v) is 9.62. The van der Waals surface area contributed by atoms with Gasteiger partial charge in [-0.05, 0) is 37.1 Å². The summed E-state index contributed by atoms with van der Waals surface area (Å²) >= 11 is 0. The van der Waals surface area contributed by atoms with Gasteiger partial charge in [0.2, 0.25) is 10.0 Å². The maximum atomic E-state index is 12.7. The molecule has 0 aliphatic rings. The Bertz CT molecular complexity index is 1060. The summed E-state index contributed by atoms with van der Waals surface area (Å²) < 4.78 is 29.9. The van der Waals surface area contributed by atoms with E-state index >= 15 is 0 Å². The number of hydrogen-bond acceptors (Lipinski definition) is 5. The third kappa shape index (κ3) is 4.04. The van der Waals surface area contributed by atoms with Crippen molar-refractivity contribution >= 4 is 15.7 Å². The summed E-state index contributed by atoms with van der Waals surface area (Å²) in [5.41, 5.74) is 1.85. The molecule has 1 aromatic heterocycles. The van der Waals surface area contributed by atoms with E-state index in [1.807, 2.05) is 35.0 Å². The zero-order valence-corrected chi connectivity index (χ0v) is 15.6. The normalized spacial score (nSPS) is 12.7. The Morgan fingerprint density at radius 1 is 1.19 bits per heavy atom. The molecule has 9 heteroatoms. The number of sulfonamides is 1. The lowest BCUT2D eigenvalue weighted by Gasteiger charge is -2.16. The minimum absolute atomic E-state index is 0.0985. The van der Waals surface area contributed by atoms with Gasteiger partial charge < -0.3 is 4.57 Å². The molecule has 0 unspecified atom stereocenters. The summed E-state index contributed by atoms with van der Waals surface area (Å²) in [6.45, 7) is 3.32. The summed E-state index contributed by atoms with van der Waals surface area (Å²) in [4.78, 5) is 14.2. The molecule has 27 heavy (non-hydrogen) atoms. The quantitative estimate of drug-likeness (QED) is 0.517. The molecule has 0 radical (unpaired) electrons. The highest BCUT2D eigenvalue weighted by atomic mass is 32.2. The lowest BCUT2D eigenvalue weighted by atomic mass is 10.1. The van der Waals surface area contributed by atoms with Gasteiger partial charge in [-0.1, -0.05) is 18.2 Å². The molecule has 0 saturated heterocycles. The van der Waals surface area contributed by atoms with Crippen LogP contribution < -0.4 is 4.72 Å². The topological polar surface area (TPSA) is 107 Å². The summed E-state index contributed by atoms with van der Waals surface area (Å²) in [6.07, 6.45) is 5.16. The summed E-state index contributed by atoms with van der Waals surface area (Å²) in [7, 11) is -3.92. The Hall–Kier alpha value is -3.04. The van der Waals surface area contributed by atoms with Crippen LogP contribution in [-0.2, 0) is 10.0 Å². The van der Waals surface area contributed by atoms with Crippen molar-refractivity contribution in [1.82, 2.24) is 14.3 Å². The zero-order valence-electron chi connectivity index (χ0n) is 14.7. The molecular formula is C18H18N4O4S. The van der Waals surface area contributed by atoms with E-state index in [2.05, 4.69) is 9.71 Å². The number of nitro benzene ring substituents is 1. The summed E-state index contributed by atoms with van der Waals surface area (Å²) in [5.74, 6) is 0. The van der Waals surface area contributed by atoms with Gasteiger partial charge in [0.1, 0.15) is 0 Å². The Balaban J connectivity index is 1.83. The number of aryl methyl sites for hydroxylation is 1. The van der Waals surface area contributed by atoms with Gasteiger partial charge >= 0.3 is 0 Å². The van der Waals surface area contributed by atoms with Gasteiger partial charge in [-0.2, -0.15) is 0 Å². The number of rotatable bonds is 6. The van der Waals surface area contributed by atoms with Gasteiger partial charge in [-0.25, -0.2) is 18.1 Å². The summed E-state index contributed by atoms with van der Waals surface area (Å²) in [5, 5.41) is 10.9. The average Bonchev–Trinajstić information content (AvgIpc) is 3.16. The number of nitrogens with zero attached hydrogens (tertiary/aromatic N) is 3. The van der Waals surface area contributed by atoms with Gasteiger partial charge in [0.25, 0.3) is 5.69 Å². The fourth-order valence-electron chi connectivity index (χ4n) is 2.70. The second-order valence-electron chi connectivity index (χ2n) is 6.11. The minimum Gasteiger partial charge on any atom is -0.306 e. The largest absolute Gasteiger partial charge is 0.306 e. The number of nitro groups is 1. The molecule has 3 rings (SSSR count). The van der Waals surface area contributed by atoms with Crippen LogP contribution in [0.4, 0.5) is 5.69 Å². The molecule has 8 nitrogen and oxygen atoms in total. The smallest absolute Gasteiger partial charge is 0.270 e.